The molecule has 1 aliphatic rings. The number of piperidine rings is 1. The molecule has 0 saturated carbocycles. The molecular weight excluding hydrogens is 306 g/mol. The van der Waals surface area contributed by atoms with Crippen molar-refractivity contribution in [2.75, 3.05) is 19.7 Å². The Morgan fingerprint density at radius 3 is 2.86 bits per heavy atom. The zero-order valence-electron chi connectivity index (χ0n) is 12.5. The lowest BCUT2D eigenvalue weighted by Gasteiger charge is -2.34. The van der Waals surface area contributed by atoms with Gasteiger partial charge in [-0.05, 0) is 51.0 Å². The summed E-state index contributed by atoms with van der Waals surface area (Å²) in [6.45, 7) is 6.24. The third-order valence-corrected chi connectivity index (χ3v) is 4.92. The van der Waals surface area contributed by atoms with Gasteiger partial charge in [0.25, 0.3) is 0 Å². The van der Waals surface area contributed by atoms with Crippen LogP contribution in [0, 0.1) is 0 Å². The predicted molar refractivity (Wildman–Crippen MR) is 88.0 cm³/mol. The van der Waals surface area contributed by atoms with Crippen LogP contribution in [0.1, 0.15) is 26.7 Å². The SMILES string of the molecule is CCOC1CCCN(C(=O)C(C)Sc2ccc(Cl)cc2)C1. The van der Waals surface area contributed by atoms with E-state index in [0.29, 0.717) is 11.6 Å². The van der Waals surface area contributed by atoms with Gasteiger partial charge >= 0.3 is 0 Å². The van der Waals surface area contributed by atoms with Crippen LogP contribution in [0.3, 0.4) is 0 Å². The molecule has 1 aliphatic heterocycles. The topological polar surface area (TPSA) is 29.5 Å². The number of halogens is 1. The maximum Gasteiger partial charge on any atom is 0.235 e. The molecule has 1 amide bonds. The van der Waals surface area contributed by atoms with Gasteiger partial charge in [-0.25, -0.2) is 0 Å². The van der Waals surface area contributed by atoms with E-state index in [2.05, 4.69) is 0 Å². The predicted octanol–water partition coefficient (Wildman–Crippen LogP) is 3.85. The zero-order chi connectivity index (χ0) is 15.2. The highest BCUT2D eigenvalue weighted by Crippen LogP contribution is 2.27. The molecule has 0 aliphatic carbocycles. The molecule has 0 N–H and O–H groups in total. The van der Waals surface area contributed by atoms with Crippen molar-refractivity contribution in [2.45, 2.75) is 42.9 Å². The van der Waals surface area contributed by atoms with Crippen molar-refractivity contribution in [1.29, 1.82) is 0 Å². The Labute approximate surface area is 136 Å². The van der Waals surface area contributed by atoms with E-state index in [1.54, 1.807) is 11.8 Å². The highest BCUT2D eigenvalue weighted by molar-refractivity contribution is 8.00. The molecule has 1 heterocycles. The van der Waals surface area contributed by atoms with Crippen LogP contribution in [-0.2, 0) is 9.53 Å². The summed E-state index contributed by atoms with van der Waals surface area (Å²) in [6, 6.07) is 7.62. The molecule has 2 rings (SSSR count). The highest BCUT2D eigenvalue weighted by atomic mass is 35.5. The summed E-state index contributed by atoms with van der Waals surface area (Å²) in [4.78, 5) is 15.6. The first kappa shape index (κ1) is 16.7. The molecule has 0 spiro atoms. The zero-order valence-corrected chi connectivity index (χ0v) is 14.1. The normalized spacial score (nSPS) is 20.3. The van der Waals surface area contributed by atoms with Gasteiger partial charge < -0.3 is 9.64 Å². The Bertz CT molecular complexity index is 464. The maximum atomic E-state index is 12.5. The molecular formula is C16H22ClNO2S. The lowest BCUT2D eigenvalue weighted by atomic mass is 10.1. The molecule has 0 bridgehead atoms. The van der Waals surface area contributed by atoms with Crippen LogP contribution in [-0.4, -0.2) is 41.9 Å². The molecule has 1 aromatic carbocycles. The fourth-order valence-electron chi connectivity index (χ4n) is 2.53. The van der Waals surface area contributed by atoms with Gasteiger partial charge in [-0.3, -0.25) is 4.79 Å². The van der Waals surface area contributed by atoms with Gasteiger partial charge in [0.1, 0.15) is 0 Å². The number of carbonyl (C=O) groups excluding carboxylic acids is 1. The minimum Gasteiger partial charge on any atom is -0.377 e. The molecule has 3 nitrogen and oxygen atoms in total. The van der Waals surface area contributed by atoms with Gasteiger partial charge in [-0.15, -0.1) is 11.8 Å². The van der Waals surface area contributed by atoms with E-state index in [0.717, 1.165) is 30.8 Å². The summed E-state index contributed by atoms with van der Waals surface area (Å²) >= 11 is 7.46. The van der Waals surface area contributed by atoms with Crippen LogP contribution in [0.15, 0.2) is 29.2 Å². The number of amides is 1. The Balaban J connectivity index is 1.90. The number of carbonyl (C=O) groups is 1. The van der Waals surface area contributed by atoms with E-state index in [4.69, 9.17) is 16.3 Å². The first-order chi connectivity index (χ1) is 10.1. The maximum absolute atomic E-state index is 12.5. The fourth-order valence-corrected chi connectivity index (χ4v) is 3.61. The number of ether oxygens (including phenoxy) is 1. The van der Waals surface area contributed by atoms with Crippen molar-refractivity contribution in [3.8, 4) is 0 Å². The average Bonchev–Trinajstić information content (AvgIpc) is 2.49. The Morgan fingerprint density at radius 2 is 2.19 bits per heavy atom. The van der Waals surface area contributed by atoms with E-state index in [1.807, 2.05) is 43.0 Å². The van der Waals surface area contributed by atoms with Crippen LogP contribution in [0.5, 0.6) is 0 Å². The van der Waals surface area contributed by atoms with Crippen molar-refractivity contribution in [2.24, 2.45) is 0 Å². The molecule has 5 heteroatoms. The molecule has 1 saturated heterocycles. The summed E-state index contributed by atoms with van der Waals surface area (Å²) in [5.74, 6) is 0.194. The standard InChI is InChI=1S/C16H22ClNO2S/c1-3-20-14-5-4-10-18(11-14)16(19)12(2)21-15-8-6-13(17)7-9-15/h6-9,12,14H,3-5,10-11H2,1-2H3. The second kappa shape index (κ2) is 8.06. The van der Waals surface area contributed by atoms with Crippen molar-refractivity contribution in [3.63, 3.8) is 0 Å². The van der Waals surface area contributed by atoms with Crippen LogP contribution in [0.4, 0.5) is 0 Å². The van der Waals surface area contributed by atoms with Crippen LogP contribution >= 0.6 is 23.4 Å². The van der Waals surface area contributed by atoms with Crippen LogP contribution in [0.2, 0.25) is 5.02 Å². The number of benzene rings is 1. The summed E-state index contributed by atoms with van der Waals surface area (Å²) in [7, 11) is 0. The quantitative estimate of drug-likeness (QED) is 0.769. The second-order valence-electron chi connectivity index (χ2n) is 5.22. The number of hydrogen-bond acceptors (Lipinski definition) is 3. The Kier molecular flexibility index (Phi) is 6.40. The first-order valence-corrected chi connectivity index (χ1v) is 8.68. The fraction of sp³-hybridized carbons (Fsp3) is 0.562. The van der Waals surface area contributed by atoms with E-state index >= 15 is 0 Å². The number of likely N-dealkylation sites (tertiary alicyclic amines) is 1. The number of nitrogens with zero attached hydrogens (tertiary/aromatic N) is 1. The Morgan fingerprint density at radius 1 is 1.48 bits per heavy atom. The largest absolute Gasteiger partial charge is 0.377 e. The summed E-state index contributed by atoms with van der Waals surface area (Å²) < 4.78 is 5.66. The van der Waals surface area contributed by atoms with E-state index in [1.165, 1.54) is 0 Å². The van der Waals surface area contributed by atoms with Crippen molar-refractivity contribution < 1.29 is 9.53 Å². The molecule has 1 aromatic rings. The van der Waals surface area contributed by atoms with E-state index in [9.17, 15) is 4.79 Å². The average molecular weight is 328 g/mol. The van der Waals surface area contributed by atoms with Gasteiger partial charge in [0.15, 0.2) is 0 Å². The summed E-state index contributed by atoms with van der Waals surface area (Å²) in [6.07, 6.45) is 2.27. The minimum absolute atomic E-state index is 0.0912. The number of rotatable bonds is 5. The lowest BCUT2D eigenvalue weighted by molar-refractivity contribution is -0.134. The van der Waals surface area contributed by atoms with Crippen LogP contribution in [0.25, 0.3) is 0 Å². The van der Waals surface area contributed by atoms with Gasteiger partial charge in [-0.1, -0.05) is 11.6 Å². The monoisotopic (exact) mass is 327 g/mol. The van der Waals surface area contributed by atoms with Gasteiger partial charge in [-0.2, -0.15) is 0 Å². The lowest BCUT2D eigenvalue weighted by Crippen LogP contribution is -2.46. The third-order valence-electron chi connectivity index (χ3n) is 3.57. The van der Waals surface area contributed by atoms with Crippen molar-refractivity contribution in [3.05, 3.63) is 29.3 Å². The van der Waals surface area contributed by atoms with E-state index in [-0.39, 0.29) is 17.3 Å². The molecule has 2 atom stereocenters. The molecule has 0 aromatic heterocycles. The first-order valence-electron chi connectivity index (χ1n) is 7.42. The Hall–Kier alpha value is -0.710. The summed E-state index contributed by atoms with van der Waals surface area (Å²) in [5.41, 5.74) is 0. The van der Waals surface area contributed by atoms with Gasteiger partial charge in [0.05, 0.1) is 11.4 Å². The third kappa shape index (κ3) is 4.90. The van der Waals surface area contributed by atoms with Crippen molar-refractivity contribution >= 4 is 29.3 Å². The van der Waals surface area contributed by atoms with Crippen molar-refractivity contribution in [1.82, 2.24) is 4.90 Å². The molecule has 2 unspecified atom stereocenters. The molecule has 116 valence electrons. The number of hydrogen-bond donors (Lipinski definition) is 0. The van der Waals surface area contributed by atoms with E-state index < -0.39 is 0 Å². The minimum atomic E-state index is -0.0912. The molecule has 21 heavy (non-hydrogen) atoms. The number of thioether (sulfide) groups is 1. The molecule has 0 radical (unpaired) electrons. The highest BCUT2D eigenvalue weighted by Gasteiger charge is 2.27. The smallest absolute Gasteiger partial charge is 0.235 e. The van der Waals surface area contributed by atoms with Gasteiger partial charge in [0.2, 0.25) is 5.91 Å². The summed E-state index contributed by atoms with van der Waals surface area (Å²) in [5, 5.41) is 0.625. The van der Waals surface area contributed by atoms with Gasteiger partial charge in [0, 0.05) is 29.6 Å². The van der Waals surface area contributed by atoms with Crippen LogP contribution < -0.4 is 0 Å². The molecule has 1 fully saturated rings. The second-order valence-corrected chi connectivity index (χ2v) is 7.07.